The van der Waals surface area contributed by atoms with Gasteiger partial charge in [-0.25, -0.2) is 9.59 Å². The highest BCUT2D eigenvalue weighted by atomic mass is 16.5. The molecule has 0 aromatic heterocycles. The smallest absolute Gasteiger partial charge is 0.331 e. The van der Waals surface area contributed by atoms with E-state index in [1.165, 1.54) is 9.80 Å². The molecule has 2 aliphatic rings. The zero-order chi connectivity index (χ0) is 18.8. The summed E-state index contributed by atoms with van der Waals surface area (Å²) in [5.41, 5.74) is 0. The van der Waals surface area contributed by atoms with Crippen molar-refractivity contribution in [3.05, 3.63) is 12.2 Å². The van der Waals surface area contributed by atoms with Crippen LogP contribution in [0.15, 0.2) is 12.2 Å². The van der Waals surface area contributed by atoms with Crippen LogP contribution in [0.4, 0.5) is 0 Å². The lowest BCUT2D eigenvalue weighted by atomic mass is 10.4. The van der Waals surface area contributed by atoms with Crippen molar-refractivity contribution in [2.24, 2.45) is 0 Å². The summed E-state index contributed by atoms with van der Waals surface area (Å²) in [5.74, 6) is -2.34. The fourth-order valence-corrected chi connectivity index (χ4v) is 2.31. The molecule has 0 radical (unpaired) electrons. The number of ether oxygens (including phenoxy) is 4. The standard InChI is InChI=1S/C16H22N2O8/c19-13(17-3-7-23-8-4-17)11-25-15(21)1-2-16(22)26-12-14(20)18-5-9-24-10-6-18/h1-2H,3-12H2/b2-1+. The van der Waals surface area contributed by atoms with Crippen molar-refractivity contribution in [3.63, 3.8) is 0 Å². The fraction of sp³-hybridized carbons (Fsp3) is 0.625. The summed E-state index contributed by atoms with van der Waals surface area (Å²) in [4.78, 5) is 49.7. The minimum Gasteiger partial charge on any atom is -0.452 e. The molecule has 10 heteroatoms. The summed E-state index contributed by atoms with van der Waals surface area (Å²) in [5, 5.41) is 0. The Labute approximate surface area is 150 Å². The van der Waals surface area contributed by atoms with Gasteiger partial charge in [-0.2, -0.15) is 0 Å². The normalized spacial score (nSPS) is 17.8. The van der Waals surface area contributed by atoms with E-state index in [1.54, 1.807) is 0 Å². The summed E-state index contributed by atoms with van der Waals surface area (Å²) in [7, 11) is 0. The van der Waals surface area contributed by atoms with Crippen LogP contribution in [-0.2, 0) is 38.1 Å². The molecule has 2 rings (SSSR count). The third-order valence-corrected chi connectivity index (χ3v) is 3.76. The second-order valence-corrected chi connectivity index (χ2v) is 5.54. The van der Waals surface area contributed by atoms with Crippen molar-refractivity contribution in [1.82, 2.24) is 9.80 Å². The number of esters is 2. The van der Waals surface area contributed by atoms with E-state index in [1.807, 2.05) is 0 Å². The molecule has 0 saturated carbocycles. The molecule has 0 aromatic carbocycles. The molecule has 0 bridgehead atoms. The monoisotopic (exact) mass is 370 g/mol. The van der Waals surface area contributed by atoms with Crippen LogP contribution in [-0.4, -0.2) is 99.4 Å². The molecule has 2 fully saturated rings. The first-order valence-corrected chi connectivity index (χ1v) is 8.29. The fourth-order valence-electron chi connectivity index (χ4n) is 2.31. The maximum atomic E-state index is 11.8. The highest BCUT2D eigenvalue weighted by Gasteiger charge is 2.19. The minimum absolute atomic E-state index is 0.325. The average Bonchev–Trinajstić information content (AvgIpc) is 2.69. The highest BCUT2D eigenvalue weighted by Crippen LogP contribution is 1.99. The summed E-state index contributed by atoms with van der Waals surface area (Å²) >= 11 is 0. The Morgan fingerprint density at radius 2 is 1.04 bits per heavy atom. The zero-order valence-electron chi connectivity index (χ0n) is 14.4. The van der Waals surface area contributed by atoms with Crippen LogP contribution in [0.1, 0.15) is 0 Å². The lowest BCUT2D eigenvalue weighted by Gasteiger charge is -2.26. The first-order valence-electron chi connectivity index (χ1n) is 8.29. The van der Waals surface area contributed by atoms with E-state index < -0.39 is 25.2 Å². The van der Waals surface area contributed by atoms with Gasteiger partial charge >= 0.3 is 11.9 Å². The molecule has 2 amide bonds. The Hall–Kier alpha value is -2.46. The van der Waals surface area contributed by atoms with Gasteiger partial charge in [0.15, 0.2) is 13.2 Å². The molecule has 26 heavy (non-hydrogen) atoms. The number of nitrogens with zero attached hydrogens (tertiary/aromatic N) is 2. The van der Waals surface area contributed by atoms with Crippen molar-refractivity contribution in [3.8, 4) is 0 Å². The Kier molecular flexibility index (Phi) is 8.03. The predicted octanol–water partition coefficient (Wildman–Crippen LogP) is -1.65. The number of morpholine rings is 2. The quantitative estimate of drug-likeness (QED) is 0.404. The number of hydrogen-bond donors (Lipinski definition) is 0. The molecule has 0 spiro atoms. The van der Waals surface area contributed by atoms with E-state index in [2.05, 4.69) is 0 Å². The van der Waals surface area contributed by atoms with Crippen LogP contribution < -0.4 is 0 Å². The minimum atomic E-state index is -0.844. The predicted molar refractivity (Wildman–Crippen MR) is 85.9 cm³/mol. The van der Waals surface area contributed by atoms with Crippen LogP contribution in [0.5, 0.6) is 0 Å². The van der Waals surface area contributed by atoms with Crippen molar-refractivity contribution < 1.29 is 38.1 Å². The van der Waals surface area contributed by atoms with Gasteiger partial charge in [0.05, 0.1) is 26.4 Å². The Bertz CT molecular complexity index is 502. The second-order valence-electron chi connectivity index (χ2n) is 5.54. The molecular formula is C16H22N2O8. The molecule has 2 heterocycles. The van der Waals surface area contributed by atoms with Crippen molar-refractivity contribution in [2.45, 2.75) is 0 Å². The highest BCUT2D eigenvalue weighted by molar-refractivity contribution is 5.93. The first kappa shape index (κ1) is 19.9. The average molecular weight is 370 g/mol. The molecule has 0 unspecified atom stereocenters. The molecule has 0 N–H and O–H groups in total. The van der Waals surface area contributed by atoms with Crippen LogP contribution in [0.2, 0.25) is 0 Å². The van der Waals surface area contributed by atoms with Gasteiger partial charge in [-0.05, 0) is 0 Å². The van der Waals surface area contributed by atoms with E-state index in [-0.39, 0.29) is 11.8 Å². The number of rotatable bonds is 6. The summed E-state index contributed by atoms with van der Waals surface area (Å²) < 4.78 is 19.8. The topological polar surface area (TPSA) is 112 Å². The van der Waals surface area contributed by atoms with Crippen molar-refractivity contribution >= 4 is 23.8 Å². The Morgan fingerprint density at radius 1 is 0.692 bits per heavy atom. The number of carbonyl (C=O) groups is 4. The van der Waals surface area contributed by atoms with Gasteiger partial charge in [-0.1, -0.05) is 0 Å². The number of carbonyl (C=O) groups excluding carboxylic acids is 4. The summed E-state index contributed by atoms with van der Waals surface area (Å²) in [6.07, 6.45) is 1.71. The molecule has 2 aliphatic heterocycles. The molecular weight excluding hydrogens is 348 g/mol. The van der Waals surface area contributed by atoms with E-state index >= 15 is 0 Å². The zero-order valence-corrected chi connectivity index (χ0v) is 14.4. The molecule has 2 saturated heterocycles. The van der Waals surface area contributed by atoms with Crippen LogP contribution in [0, 0.1) is 0 Å². The van der Waals surface area contributed by atoms with Gasteiger partial charge in [0.25, 0.3) is 11.8 Å². The first-order chi connectivity index (χ1) is 12.6. The Morgan fingerprint density at radius 3 is 1.38 bits per heavy atom. The van der Waals surface area contributed by atoms with Gasteiger partial charge in [0, 0.05) is 38.3 Å². The van der Waals surface area contributed by atoms with Crippen LogP contribution >= 0.6 is 0 Å². The molecule has 0 aromatic rings. The van der Waals surface area contributed by atoms with E-state index in [0.717, 1.165) is 12.2 Å². The third kappa shape index (κ3) is 6.81. The van der Waals surface area contributed by atoms with Gasteiger partial charge in [-0.15, -0.1) is 0 Å². The lowest BCUT2D eigenvalue weighted by molar-refractivity contribution is -0.151. The maximum absolute atomic E-state index is 11.8. The second kappa shape index (κ2) is 10.5. The SMILES string of the molecule is O=C(/C=C/C(=O)OCC(=O)N1CCOCC1)OCC(=O)N1CCOCC1. The maximum Gasteiger partial charge on any atom is 0.331 e. The van der Waals surface area contributed by atoms with E-state index in [9.17, 15) is 19.2 Å². The molecule has 10 nitrogen and oxygen atoms in total. The summed E-state index contributed by atoms with van der Waals surface area (Å²) in [6.45, 7) is 2.81. The van der Waals surface area contributed by atoms with Gasteiger partial charge in [0.1, 0.15) is 0 Å². The number of amides is 2. The van der Waals surface area contributed by atoms with Crippen molar-refractivity contribution in [2.75, 3.05) is 65.8 Å². The van der Waals surface area contributed by atoms with Gasteiger partial charge < -0.3 is 28.7 Å². The van der Waals surface area contributed by atoms with Crippen LogP contribution in [0.3, 0.4) is 0 Å². The lowest BCUT2D eigenvalue weighted by Crippen LogP contribution is -2.42. The summed E-state index contributed by atoms with van der Waals surface area (Å²) in [6, 6.07) is 0. The van der Waals surface area contributed by atoms with Gasteiger partial charge in [0.2, 0.25) is 0 Å². The Balaban J connectivity index is 1.62. The van der Waals surface area contributed by atoms with E-state index in [0.29, 0.717) is 52.6 Å². The molecule has 0 atom stereocenters. The molecule has 0 aliphatic carbocycles. The van der Waals surface area contributed by atoms with Crippen molar-refractivity contribution in [1.29, 1.82) is 0 Å². The van der Waals surface area contributed by atoms with Gasteiger partial charge in [-0.3, -0.25) is 9.59 Å². The molecule has 144 valence electrons. The number of hydrogen-bond acceptors (Lipinski definition) is 8. The largest absolute Gasteiger partial charge is 0.452 e. The third-order valence-electron chi connectivity index (χ3n) is 3.76. The van der Waals surface area contributed by atoms with E-state index in [4.69, 9.17) is 18.9 Å². The van der Waals surface area contributed by atoms with Crippen LogP contribution in [0.25, 0.3) is 0 Å².